The molecule has 3 aromatic rings. The van der Waals surface area contributed by atoms with Crippen LogP contribution in [-0.4, -0.2) is 22.6 Å². The van der Waals surface area contributed by atoms with Gasteiger partial charge >= 0.3 is 0 Å². The highest BCUT2D eigenvalue weighted by atomic mass is 16.5. The second-order valence-electron chi connectivity index (χ2n) is 9.59. The van der Waals surface area contributed by atoms with Crippen LogP contribution in [0.3, 0.4) is 0 Å². The first-order valence-corrected chi connectivity index (χ1v) is 12.0. The van der Waals surface area contributed by atoms with Gasteiger partial charge in [0.05, 0.1) is 17.5 Å². The molecule has 1 spiro atoms. The first-order valence-electron chi connectivity index (χ1n) is 12.0. The van der Waals surface area contributed by atoms with Gasteiger partial charge in [-0.2, -0.15) is 0 Å². The third-order valence-corrected chi connectivity index (χ3v) is 6.74. The minimum absolute atomic E-state index is 0.0390. The van der Waals surface area contributed by atoms with Gasteiger partial charge in [0, 0.05) is 24.2 Å². The Bertz CT molecular complexity index is 1170. The maximum absolute atomic E-state index is 13.2. The third-order valence-electron chi connectivity index (χ3n) is 6.74. The highest BCUT2D eigenvalue weighted by molar-refractivity contribution is 5.94. The van der Waals surface area contributed by atoms with E-state index in [1.54, 1.807) is 0 Å². The van der Waals surface area contributed by atoms with Gasteiger partial charge in [-0.1, -0.05) is 18.6 Å². The number of carbonyl (C=O) groups excluding carboxylic acids is 1. The Kier molecular flexibility index (Phi) is 5.65. The number of para-hydroxylation sites is 2. The molecule has 2 aromatic carbocycles. The van der Waals surface area contributed by atoms with Crippen LogP contribution in [0.1, 0.15) is 67.6 Å². The summed E-state index contributed by atoms with van der Waals surface area (Å²) in [5.41, 5.74) is 3.46. The Morgan fingerprint density at radius 2 is 2.00 bits per heavy atom. The second kappa shape index (κ2) is 8.62. The van der Waals surface area contributed by atoms with Gasteiger partial charge in [-0.15, -0.1) is 0 Å². The molecule has 1 aromatic heterocycles. The maximum atomic E-state index is 13.2. The second-order valence-corrected chi connectivity index (χ2v) is 9.59. The van der Waals surface area contributed by atoms with E-state index in [9.17, 15) is 4.79 Å². The highest BCUT2D eigenvalue weighted by Crippen LogP contribution is 2.46. The molecule has 0 bridgehead atoms. The predicted molar refractivity (Wildman–Crippen MR) is 129 cm³/mol. The summed E-state index contributed by atoms with van der Waals surface area (Å²) < 4.78 is 14.8. The average molecular weight is 445 g/mol. The molecule has 1 N–H and O–H groups in total. The van der Waals surface area contributed by atoms with Crippen LogP contribution in [0.5, 0.6) is 11.5 Å². The molecule has 2 unspecified atom stereocenters. The van der Waals surface area contributed by atoms with Crippen LogP contribution in [0.2, 0.25) is 0 Å². The molecule has 1 saturated carbocycles. The van der Waals surface area contributed by atoms with Crippen molar-refractivity contribution in [3.8, 4) is 17.2 Å². The molecule has 0 radical (unpaired) electrons. The molecule has 2 atom stereocenters. The van der Waals surface area contributed by atoms with Crippen LogP contribution in [0.25, 0.3) is 5.69 Å². The number of rotatable bonds is 4. The van der Waals surface area contributed by atoms with E-state index < -0.39 is 5.60 Å². The Morgan fingerprint density at radius 3 is 2.82 bits per heavy atom. The molecule has 5 rings (SSSR count). The number of benzene rings is 2. The Hall–Kier alpha value is -3.21. The van der Waals surface area contributed by atoms with Crippen molar-refractivity contribution < 1.29 is 14.3 Å². The summed E-state index contributed by atoms with van der Waals surface area (Å²) in [5.74, 6) is 1.69. The molecule has 2 heterocycles. The van der Waals surface area contributed by atoms with Crippen LogP contribution in [0.15, 0.2) is 60.8 Å². The van der Waals surface area contributed by atoms with Crippen LogP contribution >= 0.6 is 0 Å². The van der Waals surface area contributed by atoms with Crippen molar-refractivity contribution in [2.75, 3.05) is 0 Å². The quantitative estimate of drug-likeness (QED) is 0.543. The van der Waals surface area contributed by atoms with Gasteiger partial charge in [0.1, 0.15) is 11.5 Å². The third kappa shape index (κ3) is 4.12. The molecular weight excluding hydrogens is 412 g/mol. The summed E-state index contributed by atoms with van der Waals surface area (Å²) in [6.07, 6.45) is 7.00. The first kappa shape index (κ1) is 21.6. The number of hydrogen-bond donors (Lipinski definition) is 1. The Morgan fingerprint density at radius 1 is 1.15 bits per heavy atom. The lowest BCUT2D eigenvalue weighted by Gasteiger charge is -2.40. The van der Waals surface area contributed by atoms with Gasteiger partial charge in [0.2, 0.25) is 0 Å². The molecule has 33 heavy (non-hydrogen) atoms. The van der Waals surface area contributed by atoms with Crippen LogP contribution in [0.4, 0.5) is 0 Å². The fraction of sp³-hybridized carbons (Fsp3) is 0.393. The van der Waals surface area contributed by atoms with Crippen molar-refractivity contribution in [2.24, 2.45) is 0 Å². The lowest BCUT2D eigenvalue weighted by Crippen LogP contribution is -2.45. The lowest BCUT2D eigenvalue weighted by molar-refractivity contribution is 0.0281. The van der Waals surface area contributed by atoms with Gasteiger partial charge in [-0.05, 0) is 88.1 Å². The topological polar surface area (TPSA) is 52.5 Å². The van der Waals surface area contributed by atoms with Crippen molar-refractivity contribution in [2.45, 2.75) is 70.6 Å². The van der Waals surface area contributed by atoms with Crippen molar-refractivity contribution in [1.29, 1.82) is 0 Å². The predicted octanol–water partition coefficient (Wildman–Crippen LogP) is 5.92. The number of aryl methyl sites for hydroxylation is 1. The van der Waals surface area contributed by atoms with Gasteiger partial charge in [-0.3, -0.25) is 4.79 Å². The van der Waals surface area contributed by atoms with E-state index in [2.05, 4.69) is 34.3 Å². The zero-order valence-corrected chi connectivity index (χ0v) is 19.6. The van der Waals surface area contributed by atoms with E-state index in [-0.39, 0.29) is 18.1 Å². The minimum atomic E-state index is -0.433. The highest BCUT2D eigenvalue weighted by Gasteiger charge is 2.44. The van der Waals surface area contributed by atoms with Crippen LogP contribution < -0.4 is 14.8 Å². The van der Waals surface area contributed by atoms with Gasteiger partial charge in [-0.25, -0.2) is 0 Å². The molecule has 1 aliphatic heterocycles. The molecule has 172 valence electrons. The number of fused-ring (bicyclic) bond motifs is 4. The molecule has 5 heteroatoms. The summed E-state index contributed by atoms with van der Waals surface area (Å²) in [6, 6.07) is 18.2. The summed E-state index contributed by atoms with van der Waals surface area (Å²) in [7, 11) is 0. The van der Waals surface area contributed by atoms with Gasteiger partial charge in [0.15, 0.2) is 5.60 Å². The zero-order chi connectivity index (χ0) is 23.0. The summed E-state index contributed by atoms with van der Waals surface area (Å²) >= 11 is 0. The number of aromatic nitrogens is 1. The van der Waals surface area contributed by atoms with Crippen LogP contribution in [-0.2, 0) is 5.60 Å². The molecule has 0 saturated heterocycles. The fourth-order valence-electron chi connectivity index (χ4n) is 5.27. The van der Waals surface area contributed by atoms with Crippen molar-refractivity contribution in [3.05, 3.63) is 77.6 Å². The fourth-order valence-corrected chi connectivity index (χ4v) is 5.27. The average Bonchev–Trinajstić information content (AvgIpc) is 3.21. The number of ether oxygens (including phenoxy) is 2. The van der Waals surface area contributed by atoms with E-state index in [4.69, 9.17) is 9.47 Å². The largest absolute Gasteiger partial charge is 0.491 e. The number of hydrogen-bond acceptors (Lipinski definition) is 3. The standard InChI is InChI=1S/C28H32N2O3/c1-19(2)32-24-14-13-21(17-20(24)3)27(31)29-22-9-6-7-15-28(18-22)26-12-8-16-30(26)23-10-4-5-11-25(23)33-28/h4-5,8,10-14,16-17,19,22H,6-7,9,15,18H2,1-3H3,(H,29,31). The minimum Gasteiger partial charge on any atom is -0.491 e. The smallest absolute Gasteiger partial charge is 0.251 e. The Labute approximate surface area is 195 Å². The van der Waals surface area contributed by atoms with Crippen molar-refractivity contribution >= 4 is 5.91 Å². The van der Waals surface area contributed by atoms with Gasteiger partial charge < -0.3 is 19.4 Å². The van der Waals surface area contributed by atoms with Crippen LogP contribution in [0, 0.1) is 6.92 Å². The zero-order valence-electron chi connectivity index (χ0n) is 19.6. The SMILES string of the molecule is Cc1cc(C(=O)NC2CCCCC3(C2)Oc2ccccc2-n2cccc23)ccc1OC(C)C. The van der Waals surface area contributed by atoms with E-state index in [1.807, 2.05) is 57.2 Å². The lowest BCUT2D eigenvalue weighted by atomic mass is 9.87. The Balaban J connectivity index is 1.38. The van der Waals surface area contributed by atoms with E-state index >= 15 is 0 Å². The van der Waals surface area contributed by atoms with E-state index in [0.717, 1.165) is 54.9 Å². The first-order chi connectivity index (χ1) is 15.9. The molecule has 1 fully saturated rings. The molecular formula is C28H32N2O3. The van der Waals surface area contributed by atoms with Crippen molar-refractivity contribution in [1.82, 2.24) is 9.88 Å². The summed E-state index contributed by atoms with van der Waals surface area (Å²) in [4.78, 5) is 13.2. The molecule has 1 amide bonds. The summed E-state index contributed by atoms with van der Waals surface area (Å²) in [5, 5.41) is 3.31. The maximum Gasteiger partial charge on any atom is 0.251 e. The van der Waals surface area contributed by atoms with Gasteiger partial charge in [0.25, 0.3) is 5.91 Å². The number of nitrogens with zero attached hydrogens (tertiary/aromatic N) is 1. The van der Waals surface area contributed by atoms with E-state index in [0.29, 0.717) is 5.56 Å². The number of nitrogens with one attached hydrogen (secondary N) is 1. The molecule has 1 aliphatic carbocycles. The monoisotopic (exact) mass is 444 g/mol. The molecule has 2 aliphatic rings. The molecule has 5 nitrogen and oxygen atoms in total. The number of carbonyl (C=O) groups is 1. The van der Waals surface area contributed by atoms with Crippen molar-refractivity contribution in [3.63, 3.8) is 0 Å². The van der Waals surface area contributed by atoms with E-state index in [1.165, 1.54) is 5.69 Å². The number of amides is 1. The summed E-state index contributed by atoms with van der Waals surface area (Å²) in [6.45, 7) is 5.99. The normalized spacial score (nSPS) is 21.6.